The highest BCUT2D eigenvalue weighted by atomic mass is 16.5. The topological polar surface area (TPSA) is 74.8 Å². The van der Waals surface area contributed by atoms with E-state index < -0.39 is 0 Å². The predicted molar refractivity (Wildman–Crippen MR) is 114 cm³/mol. The first-order chi connectivity index (χ1) is 13.5. The number of nitrogens with zero attached hydrogens (tertiary/aromatic N) is 1. The molecule has 1 unspecified atom stereocenters. The van der Waals surface area contributed by atoms with Crippen LogP contribution >= 0.6 is 0 Å². The van der Waals surface area contributed by atoms with Crippen molar-refractivity contribution < 1.29 is 9.53 Å². The first-order valence-corrected chi connectivity index (χ1v) is 9.04. The van der Waals surface area contributed by atoms with Crippen LogP contribution in [0.15, 0.2) is 53.5 Å². The van der Waals surface area contributed by atoms with E-state index in [0.29, 0.717) is 23.8 Å². The highest BCUT2D eigenvalue weighted by Crippen LogP contribution is 2.13. The number of ether oxygens (including phenoxy) is 1. The zero-order valence-electron chi connectivity index (χ0n) is 16.5. The summed E-state index contributed by atoms with van der Waals surface area (Å²) in [7, 11) is 1.65. The van der Waals surface area contributed by atoms with Crippen LogP contribution in [0.3, 0.4) is 0 Å². The largest absolute Gasteiger partial charge is 0.489 e. The third kappa shape index (κ3) is 7.04. The van der Waals surface area contributed by atoms with E-state index in [4.69, 9.17) is 11.2 Å². The number of hydrogen-bond donors (Lipinski definition) is 3. The van der Waals surface area contributed by atoms with Crippen molar-refractivity contribution in [2.75, 3.05) is 25.5 Å². The van der Waals surface area contributed by atoms with E-state index in [0.717, 1.165) is 11.3 Å². The standard InChI is InChI=1S/C22H26N4O2/c1-5-18-9-7-10-19(13-18)26-21(27)15-25-22(23-4)24-14-17(3)28-20-11-6-8-16(2)12-20/h1,6-13,17H,14-15H2,2-4H3,(H,26,27)(H2,23,24,25). The van der Waals surface area contributed by atoms with Gasteiger partial charge in [-0.05, 0) is 49.7 Å². The van der Waals surface area contributed by atoms with Crippen LogP contribution in [-0.2, 0) is 4.79 Å². The summed E-state index contributed by atoms with van der Waals surface area (Å²) in [5.41, 5.74) is 2.52. The number of benzene rings is 2. The van der Waals surface area contributed by atoms with Gasteiger partial charge in [0.05, 0.1) is 13.1 Å². The summed E-state index contributed by atoms with van der Waals surface area (Å²) in [5.74, 6) is 3.69. The number of terminal acetylenes is 1. The molecule has 0 radical (unpaired) electrons. The highest BCUT2D eigenvalue weighted by Gasteiger charge is 2.08. The zero-order valence-corrected chi connectivity index (χ0v) is 16.5. The van der Waals surface area contributed by atoms with Crippen molar-refractivity contribution in [3.8, 4) is 18.1 Å². The molecule has 146 valence electrons. The molecule has 1 atom stereocenters. The molecule has 0 aliphatic heterocycles. The van der Waals surface area contributed by atoms with Gasteiger partial charge in [0, 0.05) is 18.3 Å². The number of nitrogens with one attached hydrogen (secondary N) is 3. The van der Waals surface area contributed by atoms with Gasteiger partial charge < -0.3 is 20.7 Å². The number of amides is 1. The Kier molecular flexibility index (Phi) is 7.92. The molecule has 28 heavy (non-hydrogen) atoms. The number of guanidine groups is 1. The van der Waals surface area contributed by atoms with Crippen LogP contribution in [0.2, 0.25) is 0 Å². The minimum Gasteiger partial charge on any atom is -0.489 e. The van der Waals surface area contributed by atoms with Gasteiger partial charge in [-0.1, -0.05) is 24.1 Å². The lowest BCUT2D eigenvalue weighted by molar-refractivity contribution is -0.115. The molecule has 6 heteroatoms. The molecule has 0 heterocycles. The van der Waals surface area contributed by atoms with Crippen molar-refractivity contribution in [2.45, 2.75) is 20.0 Å². The van der Waals surface area contributed by atoms with Crippen molar-refractivity contribution in [3.63, 3.8) is 0 Å². The molecule has 0 saturated heterocycles. The first kappa shape index (κ1) is 20.8. The normalized spacial score (nSPS) is 11.9. The molecular weight excluding hydrogens is 352 g/mol. The molecule has 0 aromatic heterocycles. The van der Waals surface area contributed by atoms with Crippen LogP contribution < -0.4 is 20.7 Å². The van der Waals surface area contributed by atoms with Crippen molar-refractivity contribution in [1.29, 1.82) is 0 Å². The van der Waals surface area contributed by atoms with E-state index in [9.17, 15) is 4.79 Å². The van der Waals surface area contributed by atoms with Gasteiger partial charge in [-0.2, -0.15) is 0 Å². The Bertz CT molecular complexity index is 871. The lowest BCUT2D eigenvalue weighted by Crippen LogP contribution is -2.44. The Morgan fingerprint density at radius 3 is 2.71 bits per heavy atom. The van der Waals surface area contributed by atoms with Crippen LogP contribution in [0.25, 0.3) is 0 Å². The molecule has 0 fully saturated rings. The number of carbonyl (C=O) groups excluding carboxylic acids is 1. The van der Waals surface area contributed by atoms with Gasteiger partial charge in [0.25, 0.3) is 0 Å². The number of hydrogen-bond acceptors (Lipinski definition) is 3. The van der Waals surface area contributed by atoms with Crippen molar-refractivity contribution >= 4 is 17.6 Å². The summed E-state index contributed by atoms with van der Waals surface area (Å²) in [5, 5.41) is 8.92. The molecule has 0 spiro atoms. The Morgan fingerprint density at radius 2 is 2.00 bits per heavy atom. The smallest absolute Gasteiger partial charge is 0.243 e. The maximum atomic E-state index is 12.1. The van der Waals surface area contributed by atoms with Crippen LogP contribution in [0.1, 0.15) is 18.1 Å². The molecular formula is C22H26N4O2. The molecule has 3 N–H and O–H groups in total. The minimum absolute atomic E-state index is 0.0688. The highest BCUT2D eigenvalue weighted by molar-refractivity contribution is 5.95. The number of carbonyl (C=O) groups is 1. The fourth-order valence-electron chi connectivity index (χ4n) is 2.48. The van der Waals surface area contributed by atoms with Crippen molar-refractivity contribution in [1.82, 2.24) is 10.6 Å². The average molecular weight is 378 g/mol. The van der Waals surface area contributed by atoms with Gasteiger partial charge in [0.2, 0.25) is 5.91 Å². The summed E-state index contributed by atoms with van der Waals surface area (Å²) in [6, 6.07) is 15.0. The van der Waals surface area contributed by atoms with Gasteiger partial charge in [-0.25, -0.2) is 0 Å². The lowest BCUT2D eigenvalue weighted by Gasteiger charge is -2.18. The molecule has 1 amide bonds. The van der Waals surface area contributed by atoms with E-state index in [2.05, 4.69) is 26.9 Å². The molecule has 2 rings (SSSR count). The molecule has 0 bridgehead atoms. The van der Waals surface area contributed by atoms with Crippen molar-refractivity contribution in [2.24, 2.45) is 4.99 Å². The third-order valence-electron chi connectivity index (χ3n) is 3.84. The molecule has 0 saturated carbocycles. The van der Waals surface area contributed by atoms with Crippen LogP contribution in [-0.4, -0.2) is 38.1 Å². The van der Waals surface area contributed by atoms with Gasteiger partial charge in [0.15, 0.2) is 5.96 Å². The van der Waals surface area contributed by atoms with E-state index in [1.54, 1.807) is 31.3 Å². The fourth-order valence-corrected chi connectivity index (χ4v) is 2.48. The second-order valence-electron chi connectivity index (χ2n) is 6.32. The molecule has 2 aromatic rings. The number of anilines is 1. The molecule has 2 aromatic carbocycles. The average Bonchev–Trinajstić information content (AvgIpc) is 2.68. The second-order valence-corrected chi connectivity index (χ2v) is 6.32. The molecule has 6 nitrogen and oxygen atoms in total. The summed E-state index contributed by atoms with van der Waals surface area (Å²) in [4.78, 5) is 16.2. The Balaban J connectivity index is 1.76. The maximum Gasteiger partial charge on any atom is 0.243 e. The number of rotatable bonds is 7. The third-order valence-corrected chi connectivity index (χ3v) is 3.84. The fraction of sp³-hybridized carbons (Fsp3) is 0.273. The Morgan fingerprint density at radius 1 is 1.21 bits per heavy atom. The monoisotopic (exact) mass is 378 g/mol. The molecule has 0 aliphatic rings. The summed E-state index contributed by atoms with van der Waals surface area (Å²) in [6.45, 7) is 4.61. The summed E-state index contributed by atoms with van der Waals surface area (Å²) in [6.07, 6.45) is 5.30. The van der Waals surface area contributed by atoms with E-state index in [1.807, 2.05) is 38.1 Å². The van der Waals surface area contributed by atoms with E-state index >= 15 is 0 Å². The number of aliphatic imine (C=N–C) groups is 1. The van der Waals surface area contributed by atoms with E-state index in [-0.39, 0.29) is 18.6 Å². The zero-order chi connectivity index (χ0) is 20.4. The van der Waals surface area contributed by atoms with Gasteiger partial charge in [0.1, 0.15) is 11.9 Å². The lowest BCUT2D eigenvalue weighted by atomic mass is 10.2. The Labute approximate surface area is 166 Å². The molecule has 0 aliphatic carbocycles. The number of aryl methyl sites for hydroxylation is 1. The van der Waals surface area contributed by atoms with Gasteiger partial charge in [-0.15, -0.1) is 6.42 Å². The van der Waals surface area contributed by atoms with Gasteiger partial charge in [-0.3, -0.25) is 9.79 Å². The SMILES string of the molecule is C#Cc1cccc(NC(=O)CNC(=NC)NCC(C)Oc2cccc(C)c2)c1. The maximum absolute atomic E-state index is 12.1. The van der Waals surface area contributed by atoms with Crippen LogP contribution in [0.4, 0.5) is 5.69 Å². The second kappa shape index (κ2) is 10.6. The van der Waals surface area contributed by atoms with Crippen LogP contribution in [0, 0.1) is 19.3 Å². The van der Waals surface area contributed by atoms with Gasteiger partial charge >= 0.3 is 0 Å². The minimum atomic E-state index is -0.193. The van der Waals surface area contributed by atoms with Crippen LogP contribution in [0.5, 0.6) is 5.75 Å². The summed E-state index contributed by atoms with van der Waals surface area (Å²) < 4.78 is 5.88. The summed E-state index contributed by atoms with van der Waals surface area (Å²) >= 11 is 0. The van der Waals surface area contributed by atoms with Crippen molar-refractivity contribution in [3.05, 3.63) is 59.7 Å². The first-order valence-electron chi connectivity index (χ1n) is 9.04. The Hall–Kier alpha value is -3.46. The van der Waals surface area contributed by atoms with E-state index in [1.165, 1.54) is 0 Å². The quantitative estimate of drug-likeness (QED) is 0.393. The predicted octanol–water partition coefficient (Wildman–Crippen LogP) is 2.55.